The molecule has 100 valence electrons. The molecule has 0 radical (unpaired) electrons. The second-order valence-electron chi connectivity index (χ2n) is 4.28. The molecule has 1 aromatic carbocycles. The van der Waals surface area contributed by atoms with Crippen LogP contribution >= 0.6 is 27.5 Å². The van der Waals surface area contributed by atoms with Crippen LogP contribution in [0.3, 0.4) is 0 Å². The van der Waals surface area contributed by atoms with E-state index >= 15 is 0 Å². The molecule has 4 nitrogen and oxygen atoms in total. The highest BCUT2D eigenvalue weighted by molar-refractivity contribution is 9.10. The molecule has 3 rings (SSSR count). The zero-order valence-electron chi connectivity index (χ0n) is 10.6. The van der Waals surface area contributed by atoms with E-state index in [1.807, 2.05) is 31.2 Å². The minimum absolute atomic E-state index is 0.660. The van der Waals surface area contributed by atoms with Gasteiger partial charge in [-0.25, -0.2) is 15.0 Å². The normalized spacial score (nSPS) is 10.8. The van der Waals surface area contributed by atoms with Gasteiger partial charge in [-0.1, -0.05) is 17.7 Å². The fraction of sp³-hybridized carbons (Fsp3) is 0.0714. The van der Waals surface area contributed by atoms with Gasteiger partial charge in [0, 0.05) is 21.4 Å². The Morgan fingerprint density at radius 2 is 2.05 bits per heavy atom. The summed E-state index contributed by atoms with van der Waals surface area (Å²) in [7, 11) is 0. The number of halogens is 2. The molecule has 2 aromatic heterocycles. The van der Waals surface area contributed by atoms with Crippen molar-refractivity contribution in [3.8, 4) is 0 Å². The van der Waals surface area contributed by atoms with Crippen molar-refractivity contribution in [1.82, 2.24) is 15.0 Å². The van der Waals surface area contributed by atoms with E-state index in [2.05, 4.69) is 36.2 Å². The van der Waals surface area contributed by atoms with Crippen molar-refractivity contribution in [3.05, 3.63) is 51.8 Å². The lowest BCUT2D eigenvalue weighted by molar-refractivity contribution is 1.19. The maximum Gasteiger partial charge on any atom is 0.160 e. The summed E-state index contributed by atoms with van der Waals surface area (Å²) in [6.07, 6.45) is 3.24. The van der Waals surface area contributed by atoms with Crippen LogP contribution < -0.4 is 5.32 Å². The molecular formula is C14H10BrClN4. The van der Waals surface area contributed by atoms with Crippen LogP contribution in [-0.4, -0.2) is 15.0 Å². The number of hydrogen-bond acceptors (Lipinski definition) is 4. The first kappa shape index (κ1) is 13.3. The molecule has 20 heavy (non-hydrogen) atoms. The van der Waals surface area contributed by atoms with Gasteiger partial charge in [0.2, 0.25) is 0 Å². The average Bonchev–Trinajstić information content (AvgIpc) is 2.44. The van der Waals surface area contributed by atoms with E-state index in [-0.39, 0.29) is 0 Å². The second kappa shape index (κ2) is 5.34. The molecule has 0 saturated carbocycles. The van der Waals surface area contributed by atoms with E-state index in [4.69, 9.17) is 11.6 Å². The van der Waals surface area contributed by atoms with Gasteiger partial charge in [0.15, 0.2) is 5.82 Å². The van der Waals surface area contributed by atoms with E-state index in [9.17, 15) is 0 Å². The van der Waals surface area contributed by atoms with Gasteiger partial charge in [-0.15, -0.1) is 0 Å². The molecule has 0 aliphatic carbocycles. The number of fused-ring (bicyclic) bond motifs is 1. The van der Waals surface area contributed by atoms with Gasteiger partial charge in [-0.2, -0.15) is 0 Å². The lowest BCUT2D eigenvalue weighted by Crippen LogP contribution is -1.99. The van der Waals surface area contributed by atoms with Crippen molar-refractivity contribution in [2.75, 3.05) is 5.32 Å². The van der Waals surface area contributed by atoms with Crippen LogP contribution in [0.1, 0.15) is 5.56 Å². The SMILES string of the molecule is Cc1c(Cl)cccc1Nc1ncnc2cc(Br)cnc12. The Balaban J connectivity index is 2.09. The summed E-state index contributed by atoms with van der Waals surface area (Å²) >= 11 is 9.51. The van der Waals surface area contributed by atoms with Crippen LogP contribution in [0.4, 0.5) is 11.5 Å². The van der Waals surface area contributed by atoms with Crippen molar-refractivity contribution in [1.29, 1.82) is 0 Å². The molecule has 0 aliphatic heterocycles. The minimum atomic E-state index is 0.660. The highest BCUT2D eigenvalue weighted by Gasteiger charge is 2.08. The highest BCUT2D eigenvalue weighted by Crippen LogP contribution is 2.28. The summed E-state index contributed by atoms with van der Waals surface area (Å²) in [5.41, 5.74) is 3.37. The summed E-state index contributed by atoms with van der Waals surface area (Å²) in [5, 5.41) is 3.97. The smallest absolute Gasteiger partial charge is 0.160 e. The molecule has 0 unspecified atom stereocenters. The summed E-state index contributed by atoms with van der Waals surface area (Å²) in [6.45, 7) is 1.96. The second-order valence-corrected chi connectivity index (χ2v) is 5.60. The molecule has 0 amide bonds. The zero-order chi connectivity index (χ0) is 14.1. The Morgan fingerprint density at radius 1 is 1.20 bits per heavy atom. The number of pyridine rings is 1. The van der Waals surface area contributed by atoms with Crippen LogP contribution in [0.5, 0.6) is 0 Å². The van der Waals surface area contributed by atoms with Crippen LogP contribution in [0.25, 0.3) is 11.0 Å². The van der Waals surface area contributed by atoms with Gasteiger partial charge < -0.3 is 5.32 Å². The summed E-state index contributed by atoms with van der Waals surface area (Å²) in [6, 6.07) is 7.61. The topological polar surface area (TPSA) is 50.7 Å². The molecular weight excluding hydrogens is 340 g/mol. The highest BCUT2D eigenvalue weighted by atomic mass is 79.9. The molecule has 0 spiro atoms. The number of hydrogen-bond donors (Lipinski definition) is 1. The van der Waals surface area contributed by atoms with Crippen molar-refractivity contribution in [2.45, 2.75) is 6.92 Å². The Bertz CT molecular complexity index is 791. The molecule has 0 bridgehead atoms. The minimum Gasteiger partial charge on any atom is -0.338 e. The number of nitrogens with one attached hydrogen (secondary N) is 1. The Labute approximate surface area is 129 Å². The third kappa shape index (κ3) is 2.46. The molecule has 0 saturated heterocycles. The number of aromatic nitrogens is 3. The van der Waals surface area contributed by atoms with Crippen molar-refractivity contribution >= 4 is 50.1 Å². The van der Waals surface area contributed by atoms with Gasteiger partial charge in [-0.3, -0.25) is 0 Å². The van der Waals surface area contributed by atoms with E-state index < -0.39 is 0 Å². The molecule has 0 fully saturated rings. The van der Waals surface area contributed by atoms with Gasteiger partial charge >= 0.3 is 0 Å². The first-order valence-electron chi connectivity index (χ1n) is 5.93. The molecule has 0 atom stereocenters. The monoisotopic (exact) mass is 348 g/mol. The number of benzene rings is 1. The van der Waals surface area contributed by atoms with Crippen molar-refractivity contribution in [2.24, 2.45) is 0 Å². The average molecular weight is 350 g/mol. The first-order chi connectivity index (χ1) is 9.65. The van der Waals surface area contributed by atoms with Gasteiger partial charge in [0.05, 0.1) is 5.52 Å². The molecule has 6 heteroatoms. The van der Waals surface area contributed by atoms with E-state index in [1.54, 1.807) is 6.20 Å². The number of anilines is 2. The van der Waals surface area contributed by atoms with Crippen LogP contribution in [0, 0.1) is 6.92 Å². The van der Waals surface area contributed by atoms with Crippen LogP contribution in [-0.2, 0) is 0 Å². The Morgan fingerprint density at radius 3 is 2.90 bits per heavy atom. The number of rotatable bonds is 2. The fourth-order valence-corrected chi connectivity index (χ4v) is 2.38. The standard InChI is InChI=1S/C14H10BrClN4/c1-8-10(16)3-2-4-11(8)20-14-13-12(18-7-19-14)5-9(15)6-17-13/h2-7H,1H3,(H,18,19,20). The summed E-state index contributed by atoms with van der Waals surface area (Å²) < 4.78 is 0.883. The zero-order valence-corrected chi connectivity index (χ0v) is 12.9. The van der Waals surface area contributed by atoms with E-state index in [0.717, 1.165) is 26.8 Å². The molecule has 3 aromatic rings. The van der Waals surface area contributed by atoms with Crippen molar-refractivity contribution in [3.63, 3.8) is 0 Å². The Kier molecular flexibility index (Phi) is 3.54. The lowest BCUT2D eigenvalue weighted by Gasteiger charge is -2.11. The Hall–Kier alpha value is -1.72. The molecule has 0 aliphatic rings. The largest absolute Gasteiger partial charge is 0.338 e. The number of nitrogens with zero attached hydrogens (tertiary/aromatic N) is 3. The van der Waals surface area contributed by atoms with Gasteiger partial charge in [-0.05, 0) is 46.6 Å². The lowest BCUT2D eigenvalue weighted by atomic mass is 10.2. The third-order valence-corrected chi connectivity index (χ3v) is 3.81. The van der Waals surface area contributed by atoms with Crippen LogP contribution in [0.15, 0.2) is 41.3 Å². The van der Waals surface area contributed by atoms with Crippen molar-refractivity contribution < 1.29 is 0 Å². The first-order valence-corrected chi connectivity index (χ1v) is 7.10. The predicted molar refractivity (Wildman–Crippen MR) is 84.5 cm³/mol. The fourth-order valence-electron chi connectivity index (χ4n) is 1.88. The molecule has 2 heterocycles. The quantitative estimate of drug-likeness (QED) is 0.740. The summed E-state index contributed by atoms with van der Waals surface area (Å²) in [4.78, 5) is 12.8. The maximum atomic E-state index is 6.12. The molecule has 1 N–H and O–H groups in total. The van der Waals surface area contributed by atoms with E-state index in [1.165, 1.54) is 6.33 Å². The van der Waals surface area contributed by atoms with Crippen LogP contribution in [0.2, 0.25) is 5.02 Å². The van der Waals surface area contributed by atoms with Gasteiger partial charge in [0.25, 0.3) is 0 Å². The van der Waals surface area contributed by atoms with Gasteiger partial charge in [0.1, 0.15) is 11.8 Å². The summed E-state index contributed by atoms with van der Waals surface area (Å²) in [5.74, 6) is 0.660. The van der Waals surface area contributed by atoms with E-state index in [0.29, 0.717) is 10.8 Å². The third-order valence-electron chi connectivity index (χ3n) is 2.96. The maximum absolute atomic E-state index is 6.12. The predicted octanol–water partition coefficient (Wildman–Crippen LogP) is 4.49.